The number of thiophene rings is 1. The Morgan fingerprint density at radius 3 is 2.93 bits per heavy atom. The maximum Gasteiger partial charge on any atom is 0.0556 e. The van der Waals surface area contributed by atoms with E-state index in [-0.39, 0.29) is 6.04 Å². The van der Waals surface area contributed by atoms with E-state index in [1.54, 1.807) is 11.3 Å². The van der Waals surface area contributed by atoms with E-state index in [0.29, 0.717) is 0 Å². The first-order chi connectivity index (χ1) is 7.29. The fourth-order valence-corrected chi connectivity index (χ4v) is 2.59. The van der Waals surface area contributed by atoms with Gasteiger partial charge in [-0.2, -0.15) is 0 Å². The average Bonchev–Trinajstić information content (AvgIpc) is 2.65. The van der Waals surface area contributed by atoms with Crippen LogP contribution in [0.3, 0.4) is 0 Å². The van der Waals surface area contributed by atoms with E-state index in [9.17, 15) is 0 Å². The van der Waals surface area contributed by atoms with Gasteiger partial charge in [0.2, 0.25) is 0 Å². The van der Waals surface area contributed by atoms with Gasteiger partial charge in [0, 0.05) is 18.1 Å². The number of hydrazine groups is 1. The van der Waals surface area contributed by atoms with E-state index >= 15 is 0 Å². The summed E-state index contributed by atoms with van der Waals surface area (Å²) in [4.78, 5) is 1.34. The molecule has 0 aromatic carbocycles. The van der Waals surface area contributed by atoms with Crippen LogP contribution < -0.4 is 11.3 Å². The number of hydrogen-bond donors (Lipinski definition) is 2. The van der Waals surface area contributed by atoms with Crippen molar-refractivity contribution in [2.45, 2.75) is 32.7 Å². The first-order valence-electron chi connectivity index (χ1n) is 5.37. The van der Waals surface area contributed by atoms with Gasteiger partial charge in [-0.1, -0.05) is 0 Å². The quantitative estimate of drug-likeness (QED) is 0.428. The molecular weight excluding hydrogens is 208 g/mol. The molecular formula is C11H20N2OS. The van der Waals surface area contributed by atoms with Crippen LogP contribution in [0.25, 0.3) is 0 Å². The summed E-state index contributed by atoms with van der Waals surface area (Å²) in [5.41, 5.74) is 4.20. The van der Waals surface area contributed by atoms with Crippen molar-refractivity contribution >= 4 is 11.3 Å². The van der Waals surface area contributed by atoms with Crippen molar-refractivity contribution in [3.8, 4) is 0 Å². The molecule has 15 heavy (non-hydrogen) atoms. The van der Waals surface area contributed by atoms with Crippen molar-refractivity contribution in [2.24, 2.45) is 5.84 Å². The zero-order valence-electron chi connectivity index (χ0n) is 9.45. The number of nitrogens with one attached hydrogen (secondary N) is 1. The second-order valence-corrected chi connectivity index (χ2v) is 4.47. The van der Waals surface area contributed by atoms with Crippen LogP contribution in [0.1, 0.15) is 36.2 Å². The summed E-state index contributed by atoms with van der Waals surface area (Å²) in [5, 5.41) is 2.11. The lowest BCUT2D eigenvalue weighted by molar-refractivity contribution is 0.141. The third-order valence-electron chi connectivity index (χ3n) is 2.40. The summed E-state index contributed by atoms with van der Waals surface area (Å²) < 4.78 is 5.31. The van der Waals surface area contributed by atoms with Gasteiger partial charge in [-0.3, -0.25) is 11.3 Å². The second kappa shape index (κ2) is 6.95. The summed E-state index contributed by atoms with van der Waals surface area (Å²) in [6.45, 7) is 5.75. The fourth-order valence-electron chi connectivity index (χ4n) is 1.57. The molecule has 0 amide bonds. The summed E-state index contributed by atoms with van der Waals surface area (Å²) in [6.07, 6.45) is 2.07. The summed E-state index contributed by atoms with van der Waals surface area (Å²) in [6, 6.07) is 2.40. The molecule has 1 heterocycles. The summed E-state index contributed by atoms with van der Waals surface area (Å²) in [7, 11) is 0. The number of aryl methyl sites for hydroxylation is 1. The van der Waals surface area contributed by atoms with Crippen LogP contribution >= 0.6 is 11.3 Å². The maximum atomic E-state index is 5.56. The Morgan fingerprint density at radius 2 is 2.40 bits per heavy atom. The fraction of sp³-hybridized carbons (Fsp3) is 0.636. The minimum atomic E-state index is 0.269. The molecule has 0 saturated heterocycles. The molecule has 0 aliphatic rings. The first-order valence-corrected chi connectivity index (χ1v) is 6.25. The van der Waals surface area contributed by atoms with E-state index in [0.717, 1.165) is 26.1 Å². The maximum absolute atomic E-state index is 5.56. The van der Waals surface area contributed by atoms with Crippen LogP contribution in [0.5, 0.6) is 0 Å². The number of rotatable bonds is 7. The minimum absolute atomic E-state index is 0.269. The molecule has 1 aromatic heterocycles. The number of ether oxygens (including phenoxy) is 1. The highest BCUT2D eigenvalue weighted by molar-refractivity contribution is 7.10. The van der Waals surface area contributed by atoms with Crippen LogP contribution in [0.4, 0.5) is 0 Å². The third kappa shape index (κ3) is 3.91. The highest BCUT2D eigenvalue weighted by Gasteiger charge is 2.12. The Hall–Kier alpha value is -0.420. The molecule has 86 valence electrons. The predicted octanol–water partition coefficient (Wildman–Crippen LogP) is 2.38. The summed E-state index contributed by atoms with van der Waals surface area (Å²) in [5.74, 6) is 5.56. The van der Waals surface area contributed by atoms with E-state index in [1.807, 2.05) is 6.92 Å². The molecule has 0 aliphatic heterocycles. The zero-order valence-corrected chi connectivity index (χ0v) is 10.3. The molecule has 4 heteroatoms. The van der Waals surface area contributed by atoms with E-state index in [2.05, 4.69) is 23.8 Å². The van der Waals surface area contributed by atoms with Crippen LogP contribution in [0, 0.1) is 6.92 Å². The van der Waals surface area contributed by atoms with Crippen molar-refractivity contribution in [1.82, 2.24) is 5.43 Å². The first kappa shape index (κ1) is 12.6. The number of nitrogens with two attached hydrogens (primary N) is 1. The topological polar surface area (TPSA) is 47.3 Å². The van der Waals surface area contributed by atoms with Crippen LogP contribution in [-0.2, 0) is 4.74 Å². The molecule has 0 bridgehead atoms. The Balaban J connectivity index is 2.39. The molecule has 0 aliphatic carbocycles. The molecule has 0 radical (unpaired) electrons. The van der Waals surface area contributed by atoms with Crippen molar-refractivity contribution in [2.75, 3.05) is 13.2 Å². The Kier molecular flexibility index (Phi) is 5.86. The van der Waals surface area contributed by atoms with E-state index in [4.69, 9.17) is 10.6 Å². The van der Waals surface area contributed by atoms with Gasteiger partial charge in [0.05, 0.1) is 6.04 Å². The second-order valence-electron chi connectivity index (χ2n) is 3.53. The lowest BCUT2D eigenvalue weighted by Gasteiger charge is -2.15. The molecule has 1 rings (SSSR count). The molecule has 0 fully saturated rings. The van der Waals surface area contributed by atoms with Gasteiger partial charge < -0.3 is 4.74 Å². The smallest absolute Gasteiger partial charge is 0.0556 e. The Labute approximate surface area is 95.6 Å². The predicted molar refractivity (Wildman–Crippen MR) is 64.8 cm³/mol. The summed E-state index contributed by atoms with van der Waals surface area (Å²) >= 11 is 1.76. The third-order valence-corrected chi connectivity index (χ3v) is 3.54. The van der Waals surface area contributed by atoms with Crippen molar-refractivity contribution < 1.29 is 4.74 Å². The molecule has 1 unspecified atom stereocenters. The zero-order chi connectivity index (χ0) is 11.1. The van der Waals surface area contributed by atoms with Gasteiger partial charge in [-0.05, 0) is 43.7 Å². The van der Waals surface area contributed by atoms with Crippen molar-refractivity contribution in [1.29, 1.82) is 0 Å². The molecule has 1 aromatic rings. The van der Waals surface area contributed by atoms with E-state index < -0.39 is 0 Å². The Bertz CT molecular complexity index is 275. The highest BCUT2D eigenvalue weighted by atomic mass is 32.1. The molecule has 1 atom stereocenters. The lowest BCUT2D eigenvalue weighted by atomic mass is 10.1. The monoisotopic (exact) mass is 228 g/mol. The minimum Gasteiger partial charge on any atom is -0.382 e. The molecule has 3 nitrogen and oxygen atoms in total. The normalized spacial score (nSPS) is 13.0. The van der Waals surface area contributed by atoms with Gasteiger partial charge in [-0.15, -0.1) is 11.3 Å². The lowest BCUT2D eigenvalue weighted by Crippen LogP contribution is -2.28. The van der Waals surface area contributed by atoms with Crippen LogP contribution in [-0.4, -0.2) is 13.2 Å². The van der Waals surface area contributed by atoms with Gasteiger partial charge >= 0.3 is 0 Å². The SMILES string of the molecule is CCOCCCC(NN)c1sccc1C. The van der Waals surface area contributed by atoms with Gasteiger partial charge in [0.25, 0.3) is 0 Å². The van der Waals surface area contributed by atoms with Gasteiger partial charge in [0.1, 0.15) is 0 Å². The highest BCUT2D eigenvalue weighted by Crippen LogP contribution is 2.26. The van der Waals surface area contributed by atoms with E-state index in [1.165, 1.54) is 10.4 Å². The van der Waals surface area contributed by atoms with Crippen molar-refractivity contribution in [3.05, 3.63) is 21.9 Å². The molecule has 0 saturated carbocycles. The molecule has 3 N–H and O–H groups in total. The molecule has 0 spiro atoms. The van der Waals surface area contributed by atoms with Crippen LogP contribution in [0.15, 0.2) is 11.4 Å². The standard InChI is InChI=1S/C11H20N2OS/c1-3-14-7-4-5-10(13-12)11-9(2)6-8-15-11/h6,8,10,13H,3-5,7,12H2,1-2H3. The van der Waals surface area contributed by atoms with Crippen LogP contribution in [0.2, 0.25) is 0 Å². The number of hydrogen-bond acceptors (Lipinski definition) is 4. The van der Waals surface area contributed by atoms with Gasteiger partial charge in [-0.25, -0.2) is 0 Å². The van der Waals surface area contributed by atoms with Gasteiger partial charge in [0.15, 0.2) is 0 Å². The Morgan fingerprint density at radius 1 is 1.60 bits per heavy atom. The average molecular weight is 228 g/mol. The van der Waals surface area contributed by atoms with Crippen molar-refractivity contribution in [3.63, 3.8) is 0 Å². The largest absolute Gasteiger partial charge is 0.382 e.